The van der Waals surface area contributed by atoms with E-state index in [4.69, 9.17) is 10.5 Å². The van der Waals surface area contributed by atoms with Crippen molar-refractivity contribution in [1.29, 1.82) is 0 Å². The Morgan fingerprint density at radius 3 is 2.07 bits per heavy atom. The van der Waals surface area contributed by atoms with Gasteiger partial charge in [-0.25, -0.2) is 0 Å². The van der Waals surface area contributed by atoms with Crippen molar-refractivity contribution in [2.45, 2.75) is 51.5 Å². The van der Waals surface area contributed by atoms with Crippen molar-refractivity contribution in [2.75, 3.05) is 13.2 Å². The van der Waals surface area contributed by atoms with Crippen LogP contribution in [0.25, 0.3) is 0 Å². The van der Waals surface area contributed by atoms with Gasteiger partial charge in [0.05, 0.1) is 0 Å². The Balaban J connectivity index is 1.81. The van der Waals surface area contributed by atoms with E-state index in [-0.39, 0.29) is 0 Å². The van der Waals surface area contributed by atoms with Gasteiger partial charge in [0.2, 0.25) is 0 Å². The summed E-state index contributed by atoms with van der Waals surface area (Å²) in [5.41, 5.74) is 6.41. The van der Waals surface area contributed by atoms with Crippen molar-refractivity contribution in [2.24, 2.45) is 23.5 Å². The molecule has 2 heteroatoms. The molecule has 1 heterocycles. The van der Waals surface area contributed by atoms with Crippen molar-refractivity contribution in [3.63, 3.8) is 0 Å². The first-order chi connectivity index (χ1) is 7.27. The maximum atomic E-state index is 6.41. The lowest BCUT2D eigenvalue weighted by Crippen LogP contribution is -2.41. The van der Waals surface area contributed by atoms with Crippen LogP contribution in [-0.2, 0) is 4.74 Å². The summed E-state index contributed by atoms with van der Waals surface area (Å²) in [5, 5.41) is 0. The van der Waals surface area contributed by atoms with Gasteiger partial charge in [0.1, 0.15) is 0 Å². The third-order valence-corrected chi connectivity index (χ3v) is 4.42. The molecule has 1 aliphatic heterocycles. The minimum absolute atomic E-state index is 0.446. The Labute approximate surface area is 93.6 Å². The Kier molecular flexibility index (Phi) is 4.04. The van der Waals surface area contributed by atoms with Gasteiger partial charge >= 0.3 is 0 Å². The number of rotatable bonds is 2. The number of ether oxygens (including phenoxy) is 1. The first-order valence-corrected chi connectivity index (χ1v) is 6.60. The van der Waals surface area contributed by atoms with Crippen LogP contribution in [0.4, 0.5) is 0 Å². The van der Waals surface area contributed by atoms with Gasteiger partial charge in [-0.05, 0) is 43.4 Å². The summed E-state index contributed by atoms with van der Waals surface area (Å²) in [6.07, 6.45) is 7.88. The zero-order chi connectivity index (χ0) is 10.7. The van der Waals surface area contributed by atoms with Crippen LogP contribution in [0.1, 0.15) is 45.4 Å². The summed E-state index contributed by atoms with van der Waals surface area (Å²) in [5.74, 6) is 2.46. The third-order valence-electron chi connectivity index (χ3n) is 4.42. The topological polar surface area (TPSA) is 35.2 Å². The maximum absolute atomic E-state index is 6.41. The highest BCUT2D eigenvalue weighted by Crippen LogP contribution is 2.34. The van der Waals surface area contributed by atoms with E-state index in [1.807, 2.05) is 0 Å². The molecule has 0 aromatic carbocycles. The third kappa shape index (κ3) is 2.94. The highest BCUT2D eigenvalue weighted by Gasteiger charge is 2.30. The van der Waals surface area contributed by atoms with Crippen LogP contribution in [0.3, 0.4) is 0 Å². The molecule has 0 bridgehead atoms. The molecule has 1 saturated carbocycles. The molecular weight excluding hydrogens is 186 g/mol. The summed E-state index contributed by atoms with van der Waals surface area (Å²) in [6.45, 7) is 4.24. The molecule has 0 aromatic rings. The van der Waals surface area contributed by atoms with Crippen molar-refractivity contribution in [3.05, 3.63) is 0 Å². The van der Waals surface area contributed by atoms with Crippen molar-refractivity contribution in [1.82, 2.24) is 0 Å². The van der Waals surface area contributed by atoms with Crippen molar-refractivity contribution in [3.8, 4) is 0 Å². The zero-order valence-corrected chi connectivity index (χ0v) is 9.95. The summed E-state index contributed by atoms with van der Waals surface area (Å²) < 4.78 is 5.40. The maximum Gasteiger partial charge on any atom is 0.0469 e. The molecule has 1 unspecified atom stereocenters. The molecule has 15 heavy (non-hydrogen) atoms. The fraction of sp³-hybridized carbons (Fsp3) is 1.00. The molecule has 88 valence electrons. The van der Waals surface area contributed by atoms with Gasteiger partial charge in [-0.3, -0.25) is 0 Å². The summed E-state index contributed by atoms with van der Waals surface area (Å²) >= 11 is 0. The monoisotopic (exact) mass is 211 g/mol. The molecule has 0 aromatic heterocycles. The first-order valence-electron chi connectivity index (χ1n) is 6.60. The molecule has 0 radical (unpaired) electrons. The van der Waals surface area contributed by atoms with Gasteiger partial charge in [-0.1, -0.05) is 19.8 Å². The predicted octanol–water partition coefficient (Wildman–Crippen LogP) is 2.57. The van der Waals surface area contributed by atoms with Crippen LogP contribution < -0.4 is 5.73 Å². The molecule has 2 rings (SSSR count). The van der Waals surface area contributed by atoms with E-state index < -0.39 is 0 Å². The van der Waals surface area contributed by atoms with Crippen LogP contribution in [0.2, 0.25) is 0 Å². The first kappa shape index (κ1) is 11.4. The van der Waals surface area contributed by atoms with E-state index in [2.05, 4.69) is 6.92 Å². The largest absolute Gasteiger partial charge is 0.381 e. The van der Waals surface area contributed by atoms with E-state index in [1.165, 1.54) is 38.5 Å². The molecule has 2 N–H and O–H groups in total. The predicted molar refractivity (Wildman–Crippen MR) is 62.6 cm³/mol. The van der Waals surface area contributed by atoms with Crippen LogP contribution in [0.15, 0.2) is 0 Å². The molecule has 2 nitrogen and oxygen atoms in total. The Hall–Kier alpha value is -0.0800. The second-order valence-electron chi connectivity index (χ2n) is 5.55. The Morgan fingerprint density at radius 2 is 1.47 bits per heavy atom. The number of hydrogen-bond acceptors (Lipinski definition) is 2. The van der Waals surface area contributed by atoms with E-state index in [1.54, 1.807) is 0 Å². The van der Waals surface area contributed by atoms with Gasteiger partial charge in [-0.2, -0.15) is 0 Å². The second kappa shape index (κ2) is 5.31. The summed E-state index contributed by atoms with van der Waals surface area (Å²) in [7, 11) is 0. The van der Waals surface area contributed by atoms with Crippen LogP contribution in [0, 0.1) is 17.8 Å². The smallest absolute Gasteiger partial charge is 0.0469 e. The zero-order valence-electron chi connectivity index (χ0n) is 9.95. The lowest BCUT2D eigenvalue weighted by Gasteiger charge is -2.36. The van der Waals surface area contributed by atoms with E-state index in [9.17, 15) is 0 Å². The van der Waals surface area contributed by atoms with Crippen LogP contribution in [0.5, 0.6) is 0 Å². The molecule has 2 aliphatic rings. The van der Waals surface area contributed by atoms with Gasteiger partial charge in [0.25, 0.3) is 0 Å². The number of nitrogens with two attached hydrogens (primary N) is 1. The SMILES string of the molecule is CC1CCC(C(N)C2CCOCC2)CC1. The molecule has 1 saturated heterocycles. The van der Waals surface area contributed by atoms with Crippen molar-refractivity contribution < 1.29 is 4.74 Å². The molecule has 0 amide bonds. The van der Waals surface area contributed by atoms with E-state index in [0.29, 0.717) is 6.04 Å². The van der Waals surface area contributed by atoms with Gasteiger partial charge < -0.3 is 10.5 Å². The van der Waals surface area contributed by atoms with Crippen LogP contribution >= 0.6 is 0 Å². The lowest BCUT2D eigenvalue weighted by molar-refractivity contribution is 0.0464. The molecule has 2 fully saturated rings. The normalized spacial score (nSPS) is 36.4. The molecular formula is C13H25NO. The van der Waals surface area contributed by atoms with Gasteiger partial charge in [-0.15, -0.1) is 0 Å². The lowest BCUT2D eigenvalue weighted by atomic mass is 9.74. The average molecular weight is 211 g/mol. The van der Waals surface area contributed by atoms with Crippen LogP contribution in [-0.4, -0.2) is 19.3 Å². The second-order valence-corrected chi connectivity index (χ2v) is 5.55. The fourth-order valence-electron chi connectivity index (χ4n) is 3.16. The van der Waals surface area contributed by atoms with Crippen molar-refractivity contribution >= 4 is 0 Å². The summed E-state index contributed by atoms with van der Waals surface area (Å²) in [6, 6.07) is 0.446. The molecule has 0 spiro atoms. The minimum atomic E-state index is 0.446. The number of hydrogen-bond donors (Lipinski definition) is 1. The fourth-order valence-corrected chi connectivity index (χ4v) is 3.16. The van der Waals surface area contributed by atoms with E-state index in [0.717, 1.165) is 31.0 Å². The average Bonchev–Trinajstić information content (AvgIpc) is 2.30. The summed E-state index contributed by atoms with van der Waals surface area (Å²) in [4.78, 5) is 0. The van der Waals surface area contributed by atoms with Gasteiger partial charge in [0, 0.05) is 19.3 Å². The molecule has 1 aliphatic carbocycles. The standard InChI is InChI=1S/C13H25NO/c1-10-2-4-11(5-3-10)13(14)12-6-8-15-9-7-12/h10-13H,2-9,14H2,1H3. The molecule has 1 atom stereocenters. The minimum Gasteiger partial charge on any atom is -0.381 e. The van der Waals surface area contributed by atoms with E-state index >= 15 is 0 Å². The highest BCUT2D eigenvalue weighted by molar-refractivity contribution is 4.84. The highest BCUT2D eigenvalue weighted by atomic mass is 16.5. The Morgan fingerprint density at radius 1 is 0.933 bits per heavy atom. The Bertz CT molecular complexity index is 181. The quantitative estimate of drug-likeness (QED) is 0.762. The van der Waals surface area contributed by atoms with Gasteiger partial charge in [0.15, 0.2) is 0 Å².